The number of carbonyl (C=O) groups is 2. The molecule has 0 saturated carbocycles. The van der Waals surface area contributed by atoms with Crippen LogP contribution in [0, 0.1) is 0 Å². The van der Waals surface area contributed by atoms with Crippen LogP contribution in [0.2, 0.25) is 0 Å². The van der Waals surface area contributed by atoms with Crippen molar-refractivity contribution in [2.45, 2.75) is 38.6 Å². The fraction of sp³-hybridized carbons (Fsp3) is 0.500. The molecule has 7 nitrogen and oxygen atoms in total. The van der Waals surface area contributed by atoms with Gasteiger partial charge in [-0.25, -0.2) is 4.98 Å². The highest BCUT2D eigenvalue weighted by molar-refractivity contribution is 6.07. The van der Waals surface area contributed by atoms with E-state index in [1.807, 2.05) is 41.8 Å². The summed E-state index contributed by atoms with van der Waals surface area (Å²) < 4.78 is 1.96. The summed E-state index contributed by atoms with van der Waals surface area (Å²) in [5.74, 6) is 0.0976. The maximum atomic E-state index is 13.4. The molecule has 4 rings (SSSR count). The normalized spacial score (nSPS) is 15.3. The zero-order chi connectivity index (χ0) is 20.4. The molecule has 2 aromatic rings. The molecule has 0 saturated heterocycles. The van der Waals surface area contributed by atoms with Gasteiger partial charge < -0.3 is 19.7 Å². The van der Waals surface area contributed by atoms with Gasteiger partial charge in [0.1, 0.15) is 0 Å². The summed E-state index contributed by atoms with van der Waals surface area (Å²) in [7, 11) is 4.03. The highest BCUT2D eigenvalue weighted by Gasteiger charge is 2.32. The Balaban J connectivity index is 1.57. The van der Waals surface area contributed by atoms with Crippen molar-refractivity contribution in [2.24, 2.45) is 0 Å². The van der Waals surface area contributed by atoms with Crippen molar-refractivity contribution in [1.82, 2.24) is 19.8 Å². The van der Waals surface area contributed by atoms with E-state index in [1.165, 1.54) is 5.56 Å². The minimum atomic E-state index is -0.187. The minimum Gasteiger partial charge on any atom is -0.349 e. The van der Waals surface area contributed by atoms with E-state index in [0.29, 0.717) is 24.6 Å². The predicted octanol–water partition coefficient (Wildman–Crippen LogP) is 2.10. The molecule has 29 heavy (non-hydrogen) atoms. The number of amides is 2. The molecular formula is C22H29N5O2. The van der Waals surface area contributed by atoms with Crippen molar-refractivity contribution in [3.8, 4) is 0 Å². The summed E-state index contributed by atoms with van der Waals surface area (Å²) in [6.45, 7) is 2.92. The standard InChI is InChI=1S/C22H29N5O2/c1-25(2)13-7-12-23-21(28)20-24-19(18-10-5-6-14-26(18)20)22(29)27-15-11-16-8-3-4-9-17(16)27/h3-4,8-9H,5-7,10-15H2,1-2H3,(H,23,28). The molecule has 154 valence electrons. The Bertz CT molecular complexity index is 918. The molecule has 2 aliphatic heterocycles. The monoisotopic (exact) mass is 395 g/mol. The Morgan fingerprint density at radius 3 is 2.79 bits per heavy atom. The number of imidazole rings is 1. The number of fused-ring (bicyclic) bond motifs is 2. The summed E-state index contributed by atoms with van der Waals surface area (Å²) >= 11 is 0. The van der Waals surface area contributed by atoms with Gasteiger partial charge in [-0.2, -0.15) is 0 Å². The van der Waals surface area contributed by atoms with Gasteiger partial charge in [-0.15, -0.1) is 0 Å². The Labute approximate surface area is 171 Å². The van der Waals surface area contributed by atoms with Crippen LogP contribution < -0.4 is 10.2 Å². The van der Waals surface area contributed by atoms with Gasteiger partial charge in [-0.05, 0) is 64.4 Å². The summed E-state index contributed by atoms with van der Waals surface area (Å²) in [4.78, 5) is 34.6. The first-order valence-electron chi connectivity index (χ1n) is 10.5. The second-order valence-electron chi connectivity index (χ2n) is 8.09. The van der Waals surface area contributed by atoms with E-state index in [1.54, 1.807) is 0 Å². The predicted molar refractivity (Wildman–Crippen MR) is 112 cm³/mol. The van der Waals surface area contributed by atoms with Gasteiger partial charge in [0.2, 0.25) is 0 Å². The number of aromatic nitrogens is 2. The van der Waals surface area contributed by atoms with Crippen LogP contribution in [0.5, 0.6) is 0 Å². The highest BCUT2D eigenvalue weighted by Crippen LogP contribution is 2.30. The minimum absolute atomic E-state index is 0.0905. The van der Waals surface area contributed by atoms with Crippen molar-refractivity contribution < 1.29 is 9.59 Å². The van der Waals surface area contributed by atoms with Crippen LogP contribution in [-0.4, -0.2) is 60.0 Å². The fourth-order valence-electron chi connectivity index (χ4n) is 4.24. The maximum Gasteiger partial charge on any atom is 0.287 e. The zero-order valence-corrected chi connectivity index (χ0v) is 17.3. The molecule has 3 heterocycles. The molecule has 2 amide bonds. The second kappa shape index (κ2) is 8.37. The molecular weight excluding hydrogens is 366 g/mol. The highest BCUT2D eigenvalue weighted by atomic mass is 16.2. The third-order valence-electron chi connectivity index (χ3n) is 5.72. The lowest BCUT2D eigenvalue weighted by Gasteiger charge is -2.19. The number of carbonyl (C=O) groups excluding carboxylic acids is 2. The van der Waals surface area contributed by atoms with Crippen LogP contribution >= 0.6 is 0 Å². The van der Waals surface area contributed by atoms with Crippen LogP contribution in [0.15, 0.2) is 24.3 Å². The third-order valence-corrected chi connectivity index (χ3v) is 5.72. The van der Waals surface area contributed by atoms with E-state index in [0.717, 1.165) is 56.6 Å². The number of nitrogens with one attached hydrogen (secondary N) is 1. The van der Waals surface area contributed by atoms with E-state index in [4.69, 9.17) is 0 Å². The van der Waals surface area contributed by atoms with Gasteiger partial charge in [0, 0.05) is 25.3 Å². The lowest BCUT2D eigenvalue weighted by molar-refractivity contribution is 0.0936. The van der Waals surface area contributed by atoms with Gasteiger partial charge in [-0.3, -0.25) is 9.59 Å². The molecule has 0 bridgehead atoms. The summed E-state index contributed by atoms with van der Waals surface area (Å²) in [5, 5.41) is 2.97. The van der Waals surface area contributed by atoms with Gasteiger partial charge in [-0.1, -0.05) is 18.2 Å². The lowest BCUT2D eigenvalue weighted by atomic mass is 10.1. The number of nitrogens with zero attached hydrogens (tertiary/aromatic N) is 4. The molecule has 0 fully saturated rings. The molecule has 0 radical (unpaired) electrons. The Hall–Kier alpha value is -2.67. The quantitative estimate of drug-likeness (QED) is 0.761. The van der Waals surface area contributed by atoms with Gasteiger partial charge in [0.25, 0.3) is 11.8 Å². The molecule has 0 spiro atoms. The van der Waals surface area contributed by atoms with E-state index in [2.05, 4.69) is 21.3 Å². The van der Waals surface area contributed by atoms with Crippen molar-refractivity contribution >= 4 is 17.5 Å². The van der Waals surface area contributed by atoms with Crippen LogP contribution in [0.4, 0.5) is 5.69 Å². The summed E-state index contributed by atoms with van der Waals surface area (Å²) in [6.07, 6.45) is 4.55. The summed E-state index contributed by atoms with van der Waals surface area (Å²) in [6, 6.07) is 8.02. The Morgan fingerprint density at radius 1 is 1.14 bits per heavy atom. The van der Waals surface area contributed by atoms with Gasteiger partial charge in [0.05, 0.1) is 5.69 Å². The maximum absolute atomic E-state index is 13.4. The Kier molecular flexibility index (Phi) is 5.67. The number of benzene rings is 1. The first-order chi connectivity index (χ1) is 14.1. The van der Waals surface area contributed by atoms with E-state index >= 15 is 0 Å². The molecule has 7 heteroatoms. The van der Waals surface area contributed by atoms with Crippen LogP contribution in [0.3, 0.4) is 0 Å². The average molecular weight is 396 g/mol. The van der Waals surface area contributed by atoms with Crippen molar-refractivity contribution in [3.63, 3.8) is 0 Å². The van der Waals surface area contributed by atoms with E-state index < -0.39 is 0 Å². The smallest absolute Gasteiger partial charge is 0.287 e. The second-order valence-corrected chi connectivity index (χ2v) is 8.09. The van der Waals surface area contributed by atoms with Crippen LogP contribution in [-0.2, 0) is 19.4 Å². The summed E-state index contributed by atoms with van der Waals surface area (Å²) in [5.41, 5.74) is 3.50. The van der Waals surface area contributed by atoms with Gasteiger partial charge >= 0.3 is 0 Å². The molecule has 1 N–H and O–H groups in total. The van der Waals surface area contributed by atoms with E-state index in [9.17, 15) is 9.59 Å². The average Bonchev–Trinajstić information content (AvgIpc) is 3.32. The zero-order valence-electron chi connectivity index (χ0n) is 17.3. The number of hydrogen-bond acceptors (Lipinski definition) is 4. The number of anilines is 1. The lowest BCUT2D eigenvalue weighted by Crippen LogP contribution is -2.30. The third kappa shape index (κ3) is 3.92. The van der Waals surface area contributed by atoms with Crippen molar-refractivity contribution in [1.29, 1.82) is 0 Å². The molecule has 0 atom stereocenters. The van der Waals surface area contributed by atoms with Crippen LogP contribution in [0.1, 0.15) is 51.6 Å². The molecule has 1 aromatic heterocycles. The first-order valence-corrected chi connectivity index (χ1v) is 10.5. The van der Waals surface area contributed by atoms with Crippen LogP contribution in [0.25, 0.3) is 0 Å². The SMILES string of the molecule is CN(C)CCCNC(=O)c1nc(C(=O)N2CCc3ccccc32)c2n1CCCC2. The van der Waals surface area contributed by atoms with E-state index in [-0.39, 0.29) is 11.8 Å². The van der Waals surface area contributed by atoms with Gasteiger partial charge in [0.15, 0.2) is 11.5 Å². The largest absolute Gasteiger partial charge is 0.349 e. The Morgan fingerprint density at radius 2 is 1.97 bits per heavy atom. The number of hydrogen-bond donors (Lipinski definition) is 1. The molecule has 0 aliphatic carbocycles. The molecule has 2 aliphatic rings. The number of para-hydroxylation sites is 1. The molecule has 1 aromatic carbocycles. The molecule has 0 unspecified atom stereocenters. The topological polar surface area (TPSA) is 70.5 Å². The van der Waals surface area contributed by atoms with Crippen molar-refractivity contribution in [2.75, 3.05) is 38.6 Å². The fourth-order valence-corrected chi connectivity index (χ4v) is 4.24. The van der Waals surface area contributed by atoms with Crippen molar-refractivity contribution in [3.05, 3.63) is 47.0 Å². The number of rotatable bonds is 6. The first kappa shape index (κ1) is 19.6.